The molecule has 0 bridgehead atoms. The molecule has 0 radical (unpaired) electrons. The van der Waals surface area contributed by atoms with Crippen LogP contribution in [0.25, 0.3) is 11.3 Å². The molecule has 0 saturated carbocycles. The van der Waals surface area contributed by atoms with Gasteiger partial charge in [-0.05, 0) is 77.5 Å². The first-order valence-corrected chi connectivity index (χ1v) is 9.13. The molecular weight excluding hydrogens is 393 g/mol. The number of hydrogen-bond donors (Lipinski definition) is 1. The fourth-order valence-electron chi connectivity index (χ4n) is 2.95. The van der Waals surface area contributed by atoms with E-state index in [1.54, 1.807) is 0 Å². The van der Waals surface area contributed by atoms with Crippen LogP contribution in [-0.2, 0) is 6.42 Å². The van der Waals surface area contributed by atoms with E-state index in [0.29, 0.717) is 6.04 Å². The Labute approximate surface area is 181 Å². The third-order valence-corrected chi connectivity index (χ3v) is 4.42. The number of aryl methyl sites for hydroxylation is 3. The Kier molecular flexibility index (Phi) is 11.9. The third-order valence-electron chi connectivity index (χ3n) is 4.42. The van der Waals surface area contributed by atoms with Gasteiger partial charge in [-0.15, -0.1) is 24.8 Å². The summed E-state index contributed by atoms with van der Waals surface area (Å²) in [7, 11) is 4.16. The second-order valence-electron chi connectivity index (χ2n) is 7.20. The van der Waals surface area contributed by atoms with E-state index >= 15 is 0 Å². The number of hydrogen-bond acceptors (Lipinski definition) is 5. The summed E-state index contributed by atoms with van der Waals surface area (Å²) in [6.45, 7) is 8.32. The lowest BCUT2D eigenvalue weighted by atomic mass is 10.0. The van der Waals surface area contributed by atoms with E-state index in [-0.39, 0.29) is 30.6 Å². The lowest BCUT2D eigenvalue weighted by molar-refractivity contribution is 0.349. The summed E-state index contributed by atoms with van der Waals surface area (Å²) < 4.78 is 0. The van der Waals surface area contributed by atoms with Crippen LogP contribution in [0.5, 0.6) is 0 Å². The highest BCUT2D eigenvalue weighted by molar-refractivity contribution is 5.85. The molecule has 1 heterocycles. The fourth-order valence-corrected chi connectivity index (χ4v) is 2.95. The molecule has 0 saturated heterocycles. The first-order valence-electron chi connectivity index (χ1n) is 9.13. The van der Waals surface area contributed by atoms with Crippen LogP contribution in [0.1, 0.15) is 36.0 Å². The second kappa shape index (κ2) is 12.7. The summed E-state index contributed by atoms with van der Waals surface area (Å²) in [5.74, 6) is 0.240. The van der Waals surface area contributed by atoms with E-state index in [1.165, 1.54) is 11.1 Å². The van der Waals surface area contributed by atoms with Crippen LogP contribution in [0.4, 0.5) is 0 Å². The van der Waals surface area contributed by atoms with Gasteiger partial charge in [-0.3, -0.25) is 0 Å². The molecule has 1 atom stereocenters. The Balaban J connectivity index is 0.00000364. The molecule has 0 amide bonds. The van der Waals surface area contributed by atoms with Gasteiger partial charge in [-0.25, -0.2) is 9.97 Å². The van der Waals surface area contributed by atoms with E-state index in [4.69, 9.17) is 0 Å². The Morgan fingerprint density at radius 2 is 1.82 bits per heavy atom. The number of nitrogens with zero attached hydrogens (tertiary/aromatic N) is 4. The minimum atomic E-state index is 0. The minimum absolute atomic E-state index is 0. The first kappa shape index (κ1) is 26.3. The van der Waals surface area contributed by atoms with Crippen LogP contribution >= 0.6 is 24.8 Å². The maximum absolute atomic E-state index is 9.27. The highest BCUT2D eigenvalue weighted by Gasteiger charge is 2.08. The lowest BCUT2D eigenvalue weighted by Gasteiger charge is -2.18. The molecule has 1 N–H and O–H groups in total. The smallest absolute Gasteiger partial charge is 0.232 e. The maximum Gasteiger partial charge on any atom is 0.232 e. The van der Waals surface area contributed by atoms with Crippen molar-refractivity contribution in [3.63, 3.8) is 0 Å². The van der Waals surface area contributed by atoms with Crippen molar-refractivity contribution in [1.82, 2.24) is 20.2 Å². The van der Waals surface area contributed by atoms with Gasteiger partial charge in [0, 0.05) is 23.8 Å². The van der Waals surface area contributed by atoms with Crippen LogP contribution < -0.4 is 5.32 Å². The molecule has 0 aliphatic rings. The first-order chi connectivity index (χ1) is 12.4. The fraction of sp³-hybridized carbons (Fsp3) is 0.476. The molecule has 1 aromatic carbocycles. The van der Waals surface area contributed by atoms with E-state index in [2.05, 4.69) is 79.3 Å². The van der Waals surface area contributed by atoms with Crippen molar-refractivity contribution in [3.8, 4) is 17.3 Å². The zero-order valence-corrected chi connectivity index (χ0v) is 19.0. The van der Waals surface area contributed by atoms with Gasteiger partial charge < -0.3 is 10.2 Å². The van der Waals surface area contributed by atoms with Crippen LogP contribution in [0.2, 0.25) is 0 Å². The van der Waals surface area contributed by atoms with Crippen molar-refractivity contribution in [3.05, 3.63) is 46.9 Å². The quantitative estimate of drug-likeness (QED) is 0.651. The lowest BCUT2D eigenvalue weighted by Crippen LogP contribution is -2.36. The van der Waals surface area contributed by atoms with Crippen LogP contribution in [0.3, 0.4) is 0 Å². The summed E-state index contributed by atoms with van der Waals surface area (Å²) in [6.07, 6.45) is 1.81. The summed E-state index contributed by atoms with van der Waals surface area (Å²) in [5, 5.41) is 12.8. The predicted octanol–water partition coefficient (Wildman–Crippen LogP) is 3.95. The van der Waals surface area contributed by atoms with E-state index < -0.39 is 0 Å². The average molecular weight is 424 g/mol. The largest absolute Gasteiger partial charge is 0.313 e. The van der Waals surface area contributed by atoms with Gasteiger partial charge in [0.2, 0.25) is 5.82 Å². The van der Waals surface area contributed by atoms with Crippen molar-refractivity contribution >= 4 is 24.8 Å². The molecule has 0 fully saturated rings. The molecule has 0 spiro atoms. The summed E-state index contributed by atoms with van der Waals surface area (Å²) in [6, 6.07) is 10.8. The highest BCUT2D eigenvalue weighted by atomic mass is 35.5. The van der Waals surface area contributed by atoms with Gasteiger partial charge in [0.15, 0.2) is 0 Å². The van der Waals surface area contributed by atoms with Gasteiger partial charge in [0.1, 0.15) is 6.07 Å². The van der Waals surface area contributed by atoms with E-state index in [1.807, 2.05) is 6.07 Å². The Bertz CT molecular complexity index is 787. The number of aromatic nitrogens is 2. The molecule has 5 nitrogen and oxygen atoms in total. The number of halogens is 2. The Hall–Kier alpha value is -1.71. The van der Waals surface area contributed by atoms with Gasteiger partial charge in [0.25, 0.3) is 0 Å². The Morgan fingerprint density at radius 3 is 2.43 bits per heavy atom. The monoisotopic (exact) mass is 423 g/mol. The van der Waals surface area contributed by atoms with Crippen molar-refractivity contribution < 1.29 is 0 Å². The van der Waals surface area contributed by atoms with Gasteiger partial charge >= 0.3 is 0 Å². The SMILES string of the molecule is Cc1ccc(-c2cc(CCCNC(C)CN(C)C)nc(C#N)n2)cc1C.Cl.Cl. The van der Waals surface area contributed by atoms with Crippen LogP contribution in [-0.4, -0.2) is 48.1 Å². The minimum Gasteiger partial charge on any atom is -0.313 e. The molecule has 28 heavy (non-hydrogen) atoms. The molecular formula is C21H31Cl2N5. The summed E-state index contributed by atoms with van der Waals surface area (Å²) >= 11 is 0. The summed E-state index contributed by atoms with van der Waals surface area (Å²) in [4.78, 5) is 10.9. The molecule has 1 unspecified atom stereocenters. The van der Waals surface area contributed by atoms with Crippen molar-refractivity contribution in [2.24, 2.45) is 0 Å². The standard InChI is InChI=1S/C21H29N5.2ClH/c1-15-8-9-18(11-16(15)2)20-12-19(24-21(13-22)25-20)7-6-10-23-17(3)14-26(4)5;;/h8-9,11-12,17,23H,6-7,10,14H2,1-5H3;2*1H. The zero-order chi connectivity index (χ0) is 19.1. The molecule has 1 aromatic heterocycles. The predicted molar refractivity (Wildman–Crippen MR) is 120 cm³/mol. The van der Waals surface area contributed by atoms with Crippen molar-refractivity contribution in [2.45, 2.75) is 39.7 Å². The van der Waals surface area contributed by atoms with Crippen LogP contribution in [0.15, 0.2) is 24.3 Å². The van der Waals surface area contributed by atoms with E-state index in [9.17, 15) is 5.26 Å². The molecule has 154 valence electrons. The number of nitrogens with one attached hydrogen (secondary N) is 1. The maximum atomic E-state index is 9.27. The highest BCUT2D eigenvalue weighted by Crippen LogP contribution is 2.21. The molecule has 0 aliphatic heterocycles. The number of rotatable bonds is 8. The Morgan fingerprint density at radius 1 is 1.11 bits per heavy atom. The van der Waals surface area contributed by atoms with Gasteiger partial charge in [-0.2, -0.15) is 5.26 Å². The molecule has 2 aromatic rings. The number of likely N-dealkylation sites (N-methyl/N-ethyl adjacent to an activating group) is 1. The second-order valence-corrected chi connectivity index (χ2v) is 7.20. The van der Waals surface area contributed by atoms with Crippen LogP contribution in [0, 0.1) is 25.2 Å². The van der Waals surface area contributed by atoms with Crippen molar-refractivity contribution in [1.29, 1.82) is 5.26 Å². The topological polar surface area (TPSA) is 64.8 Å². The molecule has 7 heteroatoms. The van der Waals surface area contributed by atoms with Gasteiger partial charge in [0.05, 0.1) is 5.69 Å². The summed E-state index contributed by atoms with van der Waals surface area (Å²) in [5.41, 5.74) is 5.25. The number of benzene rings is 1. The number of nitriles is 1. The molecule has 0 aliphatic carbocycles. The molecule has 2 rings (SSSR count). The van der Waals surface area contributed by atoms with E-state index in [0.717, 1.165) is 42.9 Å². The zero-order valence-electron chi connectivity index (χ0n) is 17.3. The van der Waals surface area contributed by atoms with Crippen molar-refractivity contribution in [2.75, 3.05) is 27.2 Å². The van der Waals surface area contributed by atoms with Gasteiger partial charge in [-0.1, -0.05) is 12.1 Å². The normalized spacial score (nSPS) is 11.3. The average Bonchev–Trinajstić information content (AvgIpc) is 2.60. The third kappa shape index (κ3) is 8.12.